The zero-order valence-corrected chi connectivity index (χ0v) is 16.4. The van der Waals surface area contributed by atoms with Crippen LogP contribution >= 0.6 is 0 Å². The van der Waals surface area contributed by atoms with Gasteiger partial charge in [-0.1, -0.05) is 30.3 Å². The van der Waals surface area contributed by atoms with Crippen LogP contribution in [0.25, 0.3) is 0 Å². The molecule has 0 saturated carbocycles. The van der Waals surface area contributed by atoms with Crippen LogP contribution in [-0.2, 0) is 11.2 Å². The lowest BCUT2D eigenvalue weighted by molar-refractivity contribution is -0.0200. The summed E-state index contributed by atoms with van der Waals surface area (Å²) in [6, 6.07) is 16.1. The first-order chi connectivity index (χ1) is 13.7. The lowest BCUT2D eigenvalue weighted by Crippen LogP contribution is -2.35. The number of benzene rings is 2. The molecule has 0 amide bonds. The van der Waals surface area contributed by atoms with Crippen molar-refractivity contribution >= 4 is 0 Å². The summed E-state index contributed by atoms with van der Waals surface area (Å²) in [7, 11) is 1.66. The van der Waals surface area contributed by atoms with Crippen LogP contribution in [0.4, 0.5) is 0 Å². The molecule has 150 valence electrons. The molecule has 28 heavy (non-hydrogen) atoms. The molecule has 1 aliphatic carbocycles. The molecule has 1 N–H and O–H groups in total. The SMILES string of the molecule is COc1cccc(O[C@@H]2CCN(CC(O)CO[C@H]3CCc4ccccc43)C2)c1. The third kappa shape index (κ3) is 4.66. The van der Waals surface area contributed by atoms with E-state index in [2.05, 4.69) is 29.2 Å². The fourth-order valence-electron chi connectivity index (χ4n) is 4.20. The van der Waals surface area contributed by atoms with Crippen LogP contribution in [0.15, 0.2) is 48.5 Å². The van der Waals surface area contributed by atoms with Crippen molar-refractivity contribution in [2.75, 3.05) is 33.4 Å². The van der Waals surface area contributed by atoms with Crippen molar-refractivity contribution in [2.45, 2.75) is 37.6 Å². The van der Waals surface area contributed by atoms with Crippen LogP contribution in [0.1, 0.15) is 30.1 Å². The first-order valence-electron chi connectivity index (χ1n) is 10.1. The minimum Gasteiger partial charge on any atom is -0.497 e. The van der Waals surface area contributed by atoms with Gasteiger partial charge in [-0.25, -0.2) is 0 Å². The van der Waals surface area contributed by atoms with Gasteiger partial charge in [0, 0.05) is 25.7 Å². The number of β-amino-alcohol motifs (C(OH)–C–C–N with tert-alkyl or cyclic N) is 1. The number of aryl methyl sites for hydroxylation is 1. The van der Waals surface area contributed by atoms with E-state index in [0.29, 0.717) is 13.2 Å². The summed E-state index contributed by atoms with van der Waals surface area (Å²) < 4.78 is 17.3. The fourth-order valence-corrected chi connectivity index (χ4v) is 4.20. The number of likely N-dealkylation sites (tertiary alicyclic amines) is 1. The monoisotopic (exact) mass is 383 g/mol. The third-order valence-corrected chi connectivity index (χ3v) is 5.61. The Morgan fingerprint density at radius 3 is 2.86 bits per heavy atom. The smallest absolute Gasteiger partial charge is 0.123 e. The van der Waals surface area contributed by atoms with E-state index in [-0.39, 0.29) is 12.2 Å². The molecule has 0 bridgehead atoms. The van der Waals surface area contributed by atoms with Gasteiger partial charge in [0.15, 0.2) is 0 Å². The summed E-state index contributed by atoms with van der Waals surface area (Å²) in [5, 5.41) is 10.4. The molecule has 1 aliphatic heterocycles. The number of hydrogen-bond acceptors (Lipinski definition) is 5. The standard InChI is InChI=1S/C23H29NO4/c1-26-19-6-4-7-20(13-19)28-21-11-12-24(15-21)14-18(25)16-27-23-10-9-17-5-2-3-8-22(17)23/h2-8,13,18,21,23,25H,9-12,14-16H2,1H3/t18?,21-,23+/m1/s1. The molecule has 0 aromatic heterocycles. The van der Waals surface area contributed by atoms with Gasteiger partial charge in [-0.05, 0) is 42.5 Å². The third-order valence-electron chi connectivity index (χ3n) is 5.61. The summed E-state index contributed by atoms with van der Waals surface area (Å²) in [5.41, 5.74) is 2.65. The van der Waals surface area contributed by atoms with Gasteiger partial charge >= 0.3 is 0 Å². The Morgan fingerprint density at radius 2 is 1.96 bits per heavy atom. The Kier molecular flexibility index (Phi) is 6.15. The van der Waals surface area contributed by atoms with Crippen molar-refractivity contribution < 1.29 is 19.3 Å². The van der Waals surface area contributed by atoms with Crippen LogP contribution < -0.4 is 9.47 Å². The molecular formula is C23H29NO4. The molecule has 4 rings (SSSR count). The average Bonchev–Trinajstić information content (AvgIpc) is 3.33. The highest BCUT2D eigenvalue weighted by Crippen LogP contribution is 2.33. The van der Waals surface area contributed by atoms with E-state index in [1.165, 1.54) is 11.1 Å². The lowest BCUT2D eigenvalue weighted by atomic mass is 10.1. The van der Waals surface area contributed by atoms with Crippen LogP contribution in [0.5, 0.6) is 11.5 Å². The fraction of sp³-hybridized carbons (Fsp3) is 0.478. The van der Waals surface area contributed by atoms with Gasteiger partial charge in [-0.2, -0.15) is 0 Å². The highest BCUT2D eigenvalue weighted by molar-refractivity contribution is 5.34. The van der Waals surface area contributed by atoms with Crippen molar-refractivity contribution in [1.82, 2.24) is 4.90 Å². The Labute approximate surface area is 166 Å². The van der Waals surface area contributed by atoms with Gasteiger partial charge in [-0.15, -0.1) is 0 Å². The molecule has 2 aromatic carbocycles. The predicted molar refractivity (Wildman–Crippen MR) is 108 cm³/mol. The zero-order chi connectivity index (χ0) is 19.3. The number of nitrogens with zero attached hydrogens (tertiary/aromatic N) is 1. The second-order valence-corrected chi connectivity index (χ2v) is 7.68. The normalized spacial score (nSPS) is 22.8. The minimum absolute atomic E-state index is 0.119. The number of rotatable bonds is 8. The van der Waals surface area contributed by atoms with Gasteiger partial charge in [0.25, 0.3) is 0 Å². The zero-order valence-electron chi connectivity index (χ0n) is 16.4. The summed E-state index contributed by atoms with van der Waals surface area (Å²) in [6.07, 6.45) is 2.80. The van der Waals surface area contributed by atoms with Crippen LogP contribution in [0.3, 0.4) is 0 Å². The molecule has 0 radical (unpaired) electrons. The van der Waals surface area contributed by atoms with Crippen molar-refractivity contribution in [1.29, 1.82) is 0 Å². The molecule has 1 unspecified atom stereocenters. The van der Waals surface area contributed by atoms with Crippen LogP contribution in [-0.4, -0.2) is 55.6 Å². The largest absolute Gasteiger partial charge is 0.497 e. The van der Waals surface area contributed by atoms with Crippen LogP contribution in [0.2, 0.25) is 0 Å². The highest BCUT2D eigenvalue weighted by Gasteiger charge is 2.27. The van der Waals surface area contributed by atoms with Crippen LogP contribution in [0, 0.1) is 0 Å². The van der Waals surface area contributed by atoms with Crippen molar-refractivity contribution in [2.24, 2.45) is 0 Å². The highest BCUT2D eigenvalue weighted by atomic mass is 16.5. The van der Waals surface area contributed by atoms with Gasteiger partial charge in [0.05, 0.1) is 25.9 Å². The maximum atomic E-state index is 10.4. The van der Waals surface area contributed by atoms with E-state index in [1.54, 1.807) is 7.11 Å². The van der Waals surface area contributed by atoms with E-state index in [0.717, 1.165) is 43.9 Å². The number of hydrogen-bond donors (Lipinski definition) is 1. The first-order valence-corrected chi connectivity index (χ1v) is 10.1. The maximum Gasteiger partial charge on any atom is 0.123 e. The number of aliphatic hydroxyl groups excluding tert-OH is 1. The van der Waals surface area contributed by atoms with Crippen molar-refractivity contribution in [3.05, 3.63) is 59.7 Å². The van der Waals surface area contributed by atoms with Gasteiger partial charge in [0.1, 0.15) is 17.6 Å². The predicted octanol–water partition coefficient (Wildman–Crippen LogP) is 3.21. The average molecular weight is 383 g/mol. The minimum atomic E-state index is -0.483. The number of fused-ring (bicyclic) bond motifs is 1. The lowest BCUT2D eigenvalue weighted by Gasteiger charge is -2.22. The van der Waals surface area contributed by atoms with Crippen molar-refractivity contribution in [3.63, 3.8) is 0 Å². The molecule has 2 aliphatic rings. The summed E-state index contributed by atoms with van der Waals surface area (Å²) in [5.74, 6) is 1.63. The summed E-state index contributed by atoms with van der Waals surface area (Å²) in [4.78, 5) is 2.25. The molecule has 3 atom stereocenters. The first kappa shape index (κ1) is 19.2. The summed E-state index contributed by atoms with van der Waals surface area (Å²) in [6.45, 7) is 2.74. The quantitative estimate of drug-likeness (QED) is 0.759. The van der Waals surface area contributed by atoms with Gasteiger partial charge in [0.2, 0.25) is 0 Å². The Hall–Kier alpha value is -2.08. The molecule has 5 nitrogen and oxygen atoms in total. The van der Waals surface area contributed by atoms with Gasteiger partial charge in [-0.3, -0.25) is 4.90 Å². The number of ether oxygens (including phenoxy) is 3. The molecular weight excluding hydrogens is 354 g/mol. The molecule has 1 heterocycles. The number of aliphatic hydroxyl groups is 1. The molecule has 1 saturated heterocycles. The molecule has 1 fully saturated rings. The summed E-state index contributed by atoms with van der Waals surface area (Å²) >= 11 is 0. The Balaban J connectivity index is 1.21. The van der Waals surface area contributed by atoms with E-state index in [9.17, 15) is 5.11 Å². The Morgan fingerprint density at radius 1 is 1.11 bits per heavy atom. The second-order valence-electron chi connectivity index (χ2n) is 7.68. The van der Waals surface area contributed by atoms with E-state index >= 15 is 0 Å². The number of methoxy groups -OCH3 is 1. The Bertz CT molecular complexity index is 781. The molecule has 0 spiro atoms. The second kappa shape index (κ2) is 8.95. The maximum absolute atomic E-state index is 10.4. The van der Waals surface area contributed by atoms with Crippen molar-refractivity contribution in [3.8, 4) is 11.5 Å². The van der Waals surface area contributed by atoms with E-state index in [4.69, 9.17) is 14.2 Å². The van der Waals surface area contributed by atoms with E-state index < -0.39 is 6.10 Å². The molecule has 2 aromatic rings. The topological polar surface area (TPSA) is 51.2 Å². The van der Waals surface area contributed by atoms with E-state index in [1.807, 2.05) is 24.3 Å². The molecule has 5 heteroatoms. The van der Waals surface area contributed by atoms with Gasteiger partial charge < -0.3 is 19.3 Å².